The number of thiazole rings is 1. The average Bonchev–Trinajstić information content (AvgIpc) is 2.97. The van der Waals surface area contributed by atoms with Gasteiger partial charge in [-0.1, -0.05) is 36.4 Å². The molecule has 0 radical (unpaired) electrons. The van der Waals surface area contributed by atoms with Crippen LogP contribution in [0.5, 0.6) is 0 Å². The van der Waals surface area contributed by atoms with Gasteiger partial charge in [0.25, 0.3) is 5.56 Å². The normalized spacial score (nSPS) is 12.1. The second-order valence-corrected chi connectivity index (χ2v) is 7.27. The van der Waals surface area contributed by atoms with Gasteiger partial charge >= 0.3 is 5.97 Å². The van der Waals surface area contributed by atoms with E-state index in [0.717, 1.165) is 16.9 Å². The van der Waals surface area contributed by atoms with Crippen LogP contribution in [0.25, 0.3) is 12.2 Å². The van der Waals surface area contributed by atoms with Gasteiger partial charge in [-0.15, -0.1) is 11.3 Å². The van der Waals surface area contributed by atoms with Crippen LogP contribution in [-0.2, 0) is 20.9 Å². The molecular formula is C22H19FN2O4S. The van der Waals surface area contributed by atoms with Crippen LogP contribution in [0.1, 0.15) is 12.5 Å². The Morgan fingerprint density at radius 3 is 2.63 bits per heavy atom. The molecule has 1 N–H and O–H groups in total. The van der Waals surface area contributed by atoms with Crippen LogP contribution >= 0.6 is 11.3 Å². The standard InChI is InChI=1S/C22H19FN2O4S/c1-2-29-21(27)13-20-25(14-19(26)24-17-10-6-9-16(23)12-17)22(28)18(30-20)11-15-7-4-3-5-8-15/h3-13H,2,14H2,1H3,(H,24,26)/b18-11-,20-13-. The summed E-state index contributed by atoms with van der Waals surface area (Å²) in [6.45, 7) is 1.53. The maximum absolute atomic E-state index is 13.3. The highest BCUT2D eigenvalue weighted by Gasteiger charge is 2.12. The number of anilines is 1. The van der Waals surface area contributed by atoms with E-state index >= 15 is 0 Å². The summed E-state index contributed by atoms with van der Waals surface area (Å²) in [5.41, 5.74) is 0.680. The lowest BCUT2D eigenvalue weighted by Gasteiger charge is -2.06. The molecule has 1 amide bonds. The Morgan fingerprint density at radius 2 is 1.93 bits per heavy atom. The third-order valence-corrected chi connectivity index (χ3v) is 5.03. The maximum Gasteiger partial charge on any atom is 0.333 e. The minimum absolute atomic E-state index is 0.188. The summed E-state index contributed by atoms with van der Waals surface area (Å²) in [4.78, 5) is 37.3. The molecule has 0 spiro atoms. The number of esters is 1. The van der Waals surface area contributed by atoms with Crippen LogP contribution < -0.4 is 20.1 Å². The van der Waals surface area contributed by atoms with Crippen LogP contribution in [-0.4, -0.2) is 23.1 Å². The highest BCUT2D eigenvalue weighted by atomic mass is 32.1. The van der Waals surface area contributed by atoms with Crippen LogP contribution in [0, 0.1) is 5.82 Å². The first kappa shape index (κ1) is 21.2. The fraction of sp³-hybridized carbons (Fsp3) is 0.136. The van der Waals surface area contributed by atoms with Crippen LogP contribution in [0.4, 0.5) is 10.1 Å². The highest BCUT2D eigenvalue weighted by molar-refractivity contribution is 7.07. The number of nitrogens with zero attached hydrogens (tertiary/aromatic N) is 1. The first-order valence-electron chi connectivity index (χ1n) is 9.16. The molecule has 0 aliphatic rings. The van der Waals surface area contributed by atoms with Crippen molar-refractivity contribution in [1.82, 2.24) is 4.57 Å². The van der Waals surface area contributed by atoms with Crippen molar-refractivity contribution >= 4 is 41.1 Å². The second kappa shape index (κ2) is 9.80. The van der Waals surface area contributed by atoms with Crippen molar-refractivity contribution < 1.29 is 18.7 Å². The molecular weight excluding hydrogens is 407 g/mol. The van der Waals surface area contributed by atoms with Crippen molar-refractivity contribution in [2.75, 3.05) is 11.9 Å². The summed E-state index contributed by atoms with van der Waals surface area (Å²) in [5, 5.41) is 2.55. The Bertz CT molecular complexity index is 1230. The van der Waals surface area contributed by atoms with E-state index in [4.69, 9.17) is 4.74 Å². The average molecular weight is 426 g/mol. The molecule has 3 aromatic rings. The van der Waals surface area contributed by atoms with E-state index in [1.165, 1.54) is 34.9 Å². The van der Waals surface area contributed by atoms with E-state index < -0.39 is 23.3 Å². The predicted octanol–water partition coefficient (Wildman–Crippen LogP) is 1.86. The zero-order valence-corrected chi connectivity index (χ0v) is 16.9. The number of amides is 1. The lowest BCUT2D eigenvalue weighted by atomic mass is 10.2. The van der Waals surface area contributed by atoms with Gasteiger partial charge in [-0.3, -0.25) is 14.2 Å². The molecule has 2 aromatic carbocycles. The van der Waals surface area contributed by atoms with E-state index in [1.807, 2.05) is 30.3 Å². The summed E-state index contributed by atoms with van der Waals surface area (Å²) in [6, 6.07) is 14.7. The summed E-state index contributed by atoms with van der Waals surface area (Å²) < 4.78 is 20.1. The molecule has 1 heterocycles. The molecule has 0 bridgehead atoms. The third-order valence-electron chi connectivity index (χ3n) is 3.97. The number of rotatable bonds is 6. The van der Waals surface area contributed by atoms with Gasteiger partial charge in [0.2, 0.25) is 5.91 Å². The molecule has 0 saturated carbocycles. The van der Waals surface area contributed by atoms with Crippen molar-refractivity contribution in [3.63, 3.8) is 0 Å². The zero-order valence-electron chi connectivity index (χ0n) is 16.1. The van der Waals surface area contributed by atoms with Crippen molar-refractivity contribution in [3.8, 4) is 0 Å². The van der Waals surface area contributed by atoms with Gasteiger partial charge < -0.3 is 10.1 Å². The van der Waals surface area contributed by atoms with Gasteiger partial charge in [-0.25, -0.2) is 9.18 Å². The topological polar surface area (TPSA) is 77.4 Å². The molecule has 0 fully saturated rings. The highest BCUT2D eigenvalue weighted by Crippen LogP contribution is 2.08. The van der Waals surface area contributed by atoms with E-state index in [-0.39, 0.29) is 23.5 Å². The van der Waals surface area contributed by atoms with Crippen LogP contribution in [0.15, 0.2) is 59.4 Å². The summed E-state index contributed by atoms with van der Waals surface area (Å²) >= 11 is 1.08. The Balaban J connectivity index is 1.99. The monoisotopic (exact) mass is 426 g/mol. The number of nitrogens with one attached hydrogen (secondary N) is 1. The smallest absolute Gasteiger partial charge is 0.333 e. The molecule has 0 aliphatic heterocycles. The number of hydrogen-bond donors (Lipinski definition) is 1. The second-order valence-electron chi connectivity index (χ2n) is 6.21. The van der Waals surface area contributed by atoms with Gasteiger partial charge in [-0.05, 0) is 36.8 Å². The Morgan fingerprint density at radius 1 is 1.17 bits per heavy atom. The molecule has 154 valence electrons. The number of benzene rings is 2. The molecule has 8 heteroatoms. The van der Waals surface area contributed by atoms with E-state index in [9.17, 15) is 18.8 Å². The third kappa shape index (κ3) is 5.51. The minimum Gasteiger partial charge on any atom is -0.463 e. The molecule has 0 atom stereocenters. The van der Waals surface area contributed by atoms with E-state index in [2.05, 4.69) is 5.32 Å². The summed E-state index contributed by atoms with van der Waals surface area (Å²) in [7, 11) is 0. The van der Waals surface area contributed by atoms with Crippen LogP contribution in [0.2, 0.25) is 0 Å². The van der Waals surface area contributed by atoms with Gasteiger partial charge in [0.05, 0.1) is 17.2 Å². The van der Waals surface area contributed by atoms with E-state index in [0.29, 0.717) is 4.53 Å². The van der Waals surface area contributed by atoms with Gasteiger partial charge in [0, 0.05) is 5.69 Å². The minimum atomic E-state index is -0.607. The van der Waals surface area contributed by atoms with Crippen molar-refractivity contribution in [1.29, 1.82) is 0 Å². The molecule has 6 nitrogen and oxygen atoms in total. The number of carbonyl (C=O) groups excluding carboxylic acids is 2. The molecule has 3 rings (SSSR count). The van der Waals surface area contributed by atoms with E-state index in [1.54, 1.807) is 13.0 Å². The number of ether oxygens (including phenoxy) is 1. The fourth-order valence-corrected chi connectivity index (χ4v) is 3.72. The van der Waals surface area contributed by atoms with Gasteiger partial charge in [0.1, 0.15) is 17.0 Å². The Labute approximate surface area is 175 Å². The fourth-order valence-electron chi connectivity index (χ4n) is 2.69. The van der Waals surface area contributed by atoms with Crippen LogP contribution in [0.3, 0.4) is 0 Å². The summed E-state index contributed by atoms with van der Waals surface area (Å²) in [5.74, 6) is -1.62. The van der Waals surface area contributed by atoms with Crippen molar-refractivity contribution in [2.45, 2.75) is 13.5 Å². The Kier molecular flexibility index (Phi) is 6.92. The zero-order chi connectivity index (χ0) is 21.5. The lowest BCUT2D eigenvalue weighted by molar-refractivity contribution is -0.135. The quantitative estimate of drug-likeness (QED) is 0.611. The van der Waals surface area contributed by atoms with Gasteiger partial charge in [0.15, 0.2) is 0 Å². The maximum atomic E-state index is 13.3. The molecule has 0 aliphatic carbocycles. The first-order valence-corrected chi connectivity index (χ1v) is 9.98. The number of aromatic nitrogens is 1. The number of carbonyl (C=O) groups is 2. The van der Waals surface area contributed by atoms with Gasteiger partial charge in [-0.2, -0.15) is 0 Å². The molecule has 1 aromatic heterocycles. The van der Waals surface area contributed by atoms with Crippen molar-refractivity contribution in [2.24, 2.45) is 0 Å². The number of hydrogen-bond acceptors (Lipinski definition) is 5. The lowest BCUT2D eigenvalue weighted by Crippen LogP contribution is -2.36. The molecule has 0 saturated heterocycles. The first-order chi connectivity index (χ1) is 14.5. The predicted molar refractivity (Wildman–Crippen MR) is 114 cm³/mol. The number of halogens is 1. The largest absolute Gasteiger partial charge is 0.463 e. The Hall–Kier alpha value is -3.52. The summed E-state index contributed by atoms with van der Waals surface area (Å²) in [6.07, 6.45) is 2.88. The molecule has 30 heavy (non-hydrogen) atoms. The van der Waals surface area contributed by atoms with Crippen molar-refractivity contribution in [3.05, 3.63) is 85.5 Å². The SMILES string of the molecule is CCOC(=O)/C=c1\s/c(=C\c2ccccc2)c(=O)n1CC(=O)Nc1cccc(F)c1. The molecule has 0 unspecified atom stereocenters.